The SMILES string of the molecule is Cc1c(C(C)C)c(=O)on1C(=O)N1CCC(O)(c2ccccc2)CC1. The highest BCUT2D eigenvalue weighted by molar-refractivity contribution is 5.76. The molecule has 134 valence electrons. The van der Waals surface area contributed by atoms with E-state index in [4.69, 9.17) is 4.52 Å². The lowest BCUT2D eigenvalue weighted by molar-refractivity contribution is -0.0182. The zero-order valence-corrected chi connectivity index (χ0v) is 14.9. The zero-order chi connectivity index (χ0) is 18.2. The topological polar surface area (TPSA) is 75.7 Å². The van der Waals surface area contributed by atoms with Crippen LogP contribution in [0.3, 0.4) is 0 Å². The molecule has 1 N–H and O–H groups in total. The normalized spacial score (nSPS) is 17.1. The van der Waals surface area contributed by atoms with Crippen molar-refractivity contribution in [2.45, 2.75) is 45.1 Å². The molecule has 1 saturated heterocycles. The van der Waals surface area contributed by atoms with Crippen LogP contribution in [-0.4, -0.2) is 33.9 Å². The number of amides is 1. The van der Waals surface area contributed by atoms with Crippen LogP contribution in [0.15, 0.2) is 39.6 Å². The van der Waals surface area contributed by atoms with Gasteiger partial charge in [-0.25, -0.2) is 9.59 Å². The summed E-state index contributed by atoms with van der Waals surface area (Å²) in [7, 11) is 0. The van der Waals surface area contributed by atoms with Gasteiger partial charge in [-0.2, -0.15) is 0 Å². The van der Waals surface area contributed by atoms with Gasteiger partial charge in [0, 0.05) is 13.1 Å². The number of piperidine rings is 1. The third kappa shape index (κ3) is 3.14. The van der Waals surface area contributed by atoms with Gasteiger partial charge in [0.2, 0.25) is 0 Å². The second-order valence-electron chi connectivity index (χ2n) is 6.99. The van der Waals surface area contributed by atoms with Crippen molar-refractivity contribution in [2.24, 2.45) is 0 Å². The highest BCUT2D eigenvalue weighted by Crippen LogP contribution is 2.33. The van der Waals surface area contributed by atoms with Gasteiger partial charge < -0.3 is 14.5 Å². The quantitative estimate of drug-likeness (QED) is 0.909. The minimum Gasteiger partial charge on any atom is -0.385 e. The van der Waals surface area contributed by atoms with Crippen LogP contribution in [0.5, 0.6) is 0 Å². The van der Waals surface area contributed by atoms with Crippen LogP contribution in [0.4, 0.5) is 4.79 Å². The van der Waals surface area contributed by atoms with Gasteiger partial charge in [-0.05, 0) is 31.2 Å². The number of hydrogen-bond acceptors (Lipinski definition) is 4. The lowest BCUT2D eigenvalue weighted by atomic mass is 9.84. The summed E-state index contributed by atoms with van der Waals surface area (Å²) in [4.78, 5) is 26.3. The van der Waals surface area contributed by atoms with E-state index in [1.54, 1.807) is 11.8 Å². The van der Waals surface area contributed by atoms with Crippen molar-refractivity contribution in [2.75, 3.05) is 13.1 Å². The summed E-state index contributed by atoms with van der Waals surface area (Å²) >= 11 is 0. The van der Waals surface area contributed by atoms with Gasteiger partial charge in [0.1, 0.15) is 0 Å². The number of carbonyl (C=O) groups excluding carboxylic acids is 1. The molecule has 0 atom stereocenters. The predicted molar refractivity (Wildman–Crippen MR) is 93.7 cm³/mol. The lowest BCUT2D eigenvalue weighted by Crippen LogP contribution is -2.46. The van der Waals surface area contributed by atoms with Crippen LogP contribution in [0.1, 0.15) is 49.4 Å². The van der Waals surface area contributed by atoms with Crippen LogP contribution in [-0.2, 0) is 5.60 Å². The molecular weight excluding hydrogens is 320 g/mol. The number of carbonyl (C=O) groups is 1. The van der Waals surface area contributed by atoms with E-state index in [-0.39, 0.29) is 11.9 Å². The molecule has 0 unspecified atom stereocenters. The van der Waals surface area contributed by atoms with Gasteiger partial charge in [0.15, 0.2) is 0 Å². The number of aromatic nitrogens is 1. The van der Waals surface area contributed by atoms with Crippen LogP contribution in [0, 0.1) is 6.92 Å². The number of hydrogen-bond donors (Lipinski definition) is 1. The summed E-state index contributed by atoms with van der Waals surface area (Å²) < 4.78 is 6.25. The molecular formula is C19H24N2O4. The van der Waals surface area contributed by atoms with E-state index in [0.717, 1.165) is 10.3 Å². The maximum absolute atomic E-state index is 12.7. The third-order valence-corrected chi connectivity index (χ3v) is 5.01. The number of nitrogens with zero attached hydrogens (tertiary/aromatic N) is 2. The van der Waals surface area contributed by atoms with Gasteiger partial charge >= 0.3 is 11.7 Å². The molecule has 1 aromatic carbocycles. The summed E-state index contributed by atoms with van der Waals surface area (Å²) in [6.45, 7) is 6.33. The summed E-state index contributed by atoms with van der Waals surface area (Å²) in [6, 6.07) is 9.17. The smallest absolute Gasteiger partial charge is 0.361 e. The maximum atomic E-state index is 12.7. The van der Waals surface area contributed by atoms with E-state index >= 15 is 0 Å². The average Bonchev–Trinajstić information content (AvgIpc) is 2.90. The molecule has 6 heteroatoms. The number of likely N-dealkylation sites (tertiary alicyclic amines) is 1. The summed E-state index contributed by atoms with van der Waals surface area (Å²) in [5.41, 5.74) is 0.569. The van der Waals surface area contributed by atoms with E-state index in [0.29, 0.717) is 37.2 Å². The molecule has 0 spiro atoms. The van der Waals surface area contributed by atoms with Crippen molar-refractivity contribution in [1.82, 2.24) is 9.64 Å². The molecule has 0 bridgehead atoms. The van der Waals surface area contributed by atoms with Crippen molar-refractivity contribution >= 4 is 6.03 Å². The van der Waals surface area contributed by atoms with Gasteiger partial charge in [0.05, 0.1) is 16.9 Å². The van der Waals surface area contributed by atoms with E-state index in [1.165, 1.54) is 0 Å². The Bertz CT molecular complexity index is 812. The van der Waals surface area contributed by atoms with E-state index < -0.39 is 11.2 Å². The summed E-state index contributed by atoms with van der Waals surface area (Å²) in [6.07, 6.45) is 0.897. The lowest BCUT2D eigenvalue weighted by Gasteiger charge is -2.38. The minimum absolute atomic E-state index is 0.00479. The van der Waals surface area contributed by atoms with E-state index in [9.17, 15) is 14.7 Å². The molecule has 1 aliphatic heterocycles. The molecule has 2 aromatic rings. The Labute approximate surface area is 146 Å². The standard InChI is InChI=1S/C19H24N2O4/c1-13(2)16-14(3)21(25-17(16)22)18(23)20-11-9-19(24,10-12-20)15-7-5-4-6-8-15/h4-8,13,24H,9-12H2,1-3H3. The van der Waals surface area contributed by atoms with Crippen LogP contribution in [0.25, 0.3) is 0 Å². The molecule has 1 fully saturated rings. The number of aliphatic hydroxyl groups is 1. The van der Waals surface area contributed by atoms with Crippen LogP contribution < -0.4 is 5.63 Å². The molecule has 25 heavy (non-hydrogen) atoms. The van der Waals surface area contributed by atoms with Crippen LogP contribution in [0.2, 0.25) is 0 Å². The Kier molecular flexibility index (Phi) is 4.56. The van der Waals surface area contributed by atoms with E-state index in [1.807, 2.05) is 44.2 Å². The maximum Gasteiger partial charge on any atom is 0.361 e. The van der Waals surface area contributed by atoms with E-state index in [2.05, 4.69) is 0 Å². The largest absolute Gasteiger partial charge is 0.385 e. The van der Waals surface area contributed by atoms with Gasteiger partial charge in [-0.15, -0.1) is 4.74 Å². The molecule has 3 rings (SSSR count). The third-order valence-electron chi connectivity index (χ3n) is 5.01. The first-order valence-electron chi connectivity index (χ1n) is 8.63. The monoisotopic (exact) mass is 344 g/mol. The molecule has 2 heterocycles. The molecule has 0 saturated carbocycles. The first-order valence-corrected chi connectivity index (χ1v) is 8.63. The Balaban J connectivity index is 1.77. The first kappa shape index (κ1) is 17.5. The molecule has 0 aliphatic carbocycles. The van der Waals surface area contributed by atoms with Crippen molar-refractivity contribution in [3.63, 3.8) is 0 Å². The molecule has 1 aromatic heterocycles. The highest BCUT2D eigenvalue weighted by Gasteiger charge is 2.36. The van der Waals surface area contributed by atoms with Crippen LogP contribution >= 0.6 is 0 Å². The minimum atomic E-state index is -0.923. The van der Waals surface area contributed by atoms with Gasteiger partial charge in [-0.1, -0.05) is 44.2 Å². The number of benzene rings is 1. The number of rotatable bonds is 2. The molecule has 0 radical (unpaired) electrons. The summed E-state index contributed by atoms with van der Waals surface area (Å²) in [5, 5.41) is 10.9. The Morgan fingerprint density at radius 3 is 2.32 bits per heavy atom. The van der Waals surface area contributed by atoms with Gasteiger partial charge in [0.25, 0.3) is 0 Å². The average molecular weight is 344 g/mol. The second-order valence-corrected chi connectivity index (χ2v) is 6.99. The van der Waals surface area contributed by atoms with Crippen molar-refractivity contribution in [3.8, 4) is 0 Å². The Morgan fingerprint density at radius 1 is 1.20 bits per heavy atom. The van der Waals surface area contributed by atoms with Gasteiger partial charge in [-0.3, -0.25) is 0 Å². The van der Waals surface area contributed by atoms with Crippen molar-refractivity contribution in [1.29, 1.82) is 0 Å². The molecule has 6 nitrogen and oxygen atoms in total. The Morgan fingerprint density at radius 2 is 1.80 bits per heavy atom. The Hall–Kier alpha value is -2.34. The fraction of sp³-hybridized carbons (Fsp3) is 0.474. The molecule has 1 aliphatic rings. The fourth-order valence-corrected chi connectivity index (χ4v) is 3.53. The zero-order valence-electron chi connectivity index (χ0n) is 14.9. The highest BCUT2D eigenvalue weighted by atomic mass is 16.5. The summed E-state index contributed by atoms with van der Waals surface area (Å²) in [5.74, 6) is -0.00479. The second kappa shape index (κ2) is 6.52. The first-order chi connectivity index (χ1) is 11.8. The molecule has 1 amide bonds. The van der Waals surface area contributed by atoms with Crippen molar-refractivity contribution < 1.29 is 14.4 Å². The fourth-order valence-electron chi connectivity index (χ4n) is 3.53. The predicted octanol–water partition coefficient (Wildman–Crippen LogP) is 2.82. The van der Waals surface area contributed by atoms with Crippen molar-refractivity contribution in [3.05, 3.63) is 57.6 Å².